The Hall–Kier alpha value is -1.82. The van der Waals surface area contributed by atoms with Gasteiger partial charge in [0.15, 0.2) is 5.16 Å². The highest BCUT2D eigenvalue weighted by atomic mass is 32.2. The maximum absolute atomic E-state index is 11.5. The van der Waals surface area contributed by atoms with E-state index in [1.54, 1.807) is 23.0 Å². The number of aromatic nitrogens is 3. The monoisotopic (exact) mass is 262 g/mol. The summed E-state index contributed by atoms with van der Waals surface area (Å²) >= 11 is 1.52. The SMILES string of the molecule is Cc1ccnc(SCCn2cc(N)ccc2=O)n1. The Bertz CT molecular complexity index is 597. The van der Waals surface area contributed by atoms with Crippen molar-refractivity contribution in [2.45, 2.75) is 18.6 Å². The van der Waals surface area contributed by atoms with Gasteiger partial charge in [-0.3, -0.25) is 4.79 Å². The molecule has 0 amide bonds. The summed E-state index contributed by atoms with van der Waals surface area (Å²) in [5.74, 6) is 0.729. The van der Waals surface area contributed by atoms with Crippen molar-refractivity contribution in [1.82, 2.24) is 14.5 Å². The van der Waals surface area contributed by atoms with E-state index in [-0.39, 0.29) is 5.56 Å². The Morgan fingerprint density at radius 2 is 2.22 bits per heavy atom. The van der Waals surface area contributed by atoms with Gasteiger partial charge in [0.1, 0.15) is 0 Å². The second-order valence-electron chi connectivity index (χ2n) is 3.82. The van der Waals surface area contributed by atoms with Crippen molar-refractivity contribution < 1.29 is 0 Å². The van der Waals surface area contributed by atoms with Crippen molar-refractivity contribution in [1.29, 1.82) is 0 Å². The van der Waals surface area contributed by atoms with Crippen molar-refractivity contribution in [2.75, 3.05) is 11.5 Å². The van der Waals surface area contributed by atoms with Crippen molar-refractivity contribution in [2.24, 2.45) is 0 Å². The zero-order chi connectivity index (χ0) is 13.0. The highest BCUT2D eigenvalue weighted by molar-refractivity contribution is 7.99. The van der Waals surface area contributed by atoms with Gasteiger partial charge in [0.05, 0.1) is 0 Å². The van der Waals surface area contributed by atoms with Crippen LogP contribution < -0.4 is 11.3 Å². The molecule has 2 aromatic heterocycles. The largest absolute Gasteiger partial charge is 0.398 e. The molecule has 0 spiro atoms. The van der Waals surface area contributed by atoms with Crippen molar-refractivity contribution >= 4 is 17.4 Å². The topological polar surface area (TPSA) is 73.8 Å². The minimum Gasteiger partial charge on any atom is -0.398 e. The molecule has 0 radical (unpaired) electrons. The maximum atomic E-state index is 11.5. The van der Waals surface area contributed by atoms with Gasteiger partial charge in [-0.15, -0.1) is 0 Å². The lowest BCUT2D eigenvalue weighted by atomic mass is 10.4. The Balaban J connectivity index is 1.96. The fourth-order valence-electron chi connectivity index (χ4n) is 1.46. The van der Waals surface area contributed by atoms with Gasteiger partial charge in [0, 0.05) is 42.1 Å². The first-order valence-electron chi connectivity index (χ1n) is 5.53. The molecule has 0 saturated carbocycles. The molecule has 6 heteroatoms. The van der Waals surface area contributed by atoms with Crippen LogP contribution >= 0.6 is 11.8 Å². The predicted molar refractivity (Wildman–Crippen MR) is 72.6 cm³/mol. The molecule has 0 bridgehead atoms. The Morgan fingerprint density at radius 3 is 3.00 bits per heavy atom. The van der Waals surface area contributed by atoms with Gasteiger partial charge in [0.25, 0.3) is 5.56 Å². The zero-order valence-electron chi connectivity index (χ0n) is 10.0. The summed E-state index contributed by atoms with van der Waals surface area (Å²) in [6, 6.07) is 4.94. The molecule has 18 heavy (non-hydrogen) atoms. The van der Waals surface area contributed by atoms with Gasteiger partial charge in [0.2, 0.25) is 0 Å². The highest BCUT2D eigenvalue weighted by Gasteiger charge is 2.00. The molecule has 5 nitrogen and oxygen atoms in total. The van der Waals surface area contributed by atoms with Gasteiger partial charge in [-0.2, -0.15) is 0 Å². The minimum absolute atomic E-state index is 0.0463. The lowest BCUT2D eigenvalue weighted by Crippen LogP contribution is -2.19. The van der Waals surface area contributed by atoms with E-state index in [0.717, 1.165) is 16.6 Å². The summed E-state index contributed by atoms with van der Waals surface area (Å²) in [6.45, 7) is 2.51. The molecule has 2 N–H and O–H groups in total. The number of rotatable bonds is 4. The van der Waals surface area contributed by atoms with E-state index < -0.39 is 0 Å². The van der Waals surface area contributed by atoms with Crippen LogP contribution in [0.25, 0.3) is 0 Å². The second-order valence-corrected chi connectivity index (χ2v) is 4.89. The lowest BCUT2D eigenvalue weighted by Gasteiger charge is -2.05. The van der Waals surface area contributed by atoms with Crippen LogP contribution in [0.3, 0.4) is 0 Å². The Labute approximate surface area is 109 Å². The molecule has 2 aromatic rings. The molecule has 0 aromatic carbocycles. The minimum atomic E-state index is -0.0463. The molecule has 94 valence electrons. The van der Waals surface area contributed by atoms with Crippen molar-refractivity contribution in [3.8, 4) is 0 Å². The number of nitrogens with zero attached hydrogens (tertiary/aromatic N) is 3. The van der Waals surface area contributed by atoms with Crippen LogP contribution in [-0.2, 0) is 6.54 Å². The normalized spacial score (nSPS) is 10.5. The van der Waals surface area contributed by atoms with Gasteiger partial charge in [-0.1, -0.05) is 11.8 Å². The summed E-state index contributed by atoms with van der Waals surface area (Å²) in [5, 5.41) is 0.729. The van der Waals surface area contributed by atoms with E-state index in [9.17, 15) is 4.79 Å². The highest BCUT2D eigenvalue weighted by Crippen LogP contribution is 2.12. The molecule has 0 atom stereocenters. The molecule has 2 heterocycles. The summed E-state index contributed by atoms with van der Waals surface area (Å²) in [4.78, 5) is 20.0. The van der Waals surface area contributed by atoms with Crippen LogP contribution in [0.1, 0.15) is 5.69 Å². The smallest absolute Gasteiger partial charge is 0.250 e. The van der Waals surface area contributed by atoms with Crippen molar-refractivity contribution in [3.63, 3.8) is 0 Å². The van der Waals surface area contributed by atoms with Gasteiger partial charge in [-0.05, 0) is 19.1 Å². The quantitative estimate of drug-likeness (QED) is 0.664. The van der Waals surface area contributed by atoms with Crippen LogP contribution in [-0.4, -0.2) is 20.3 Å². The van der Waals surface area contributed by atoms with Crippen molar-refractivity contribution in [3.05, 3.63) is 46.6 Å². The lowest BCUT2D eigenvalue weighted by molar-refractivity contribution is 0.735. The number of nitrogens with two attached hydrogens (primary N) is 1. The van der Waals surface area contributed by atoms with Crippen LogP contribution in [0.2, 0.25) is 0 Å². The number of aryl methyl sites for hydroxylation is 2. The molecule has 0 aliphatic carbocycles. The van der Waals surface area contributed by atoms with E-state index in [1.807, 2.05) is 13.0 Å². The second kappa shape index (κ2) is 5.68. The first-order valence-corrected chi connectivity index (χ1v) is 6.52. The van der Waals surface area contributed by atoms with E-state index >= 15 is 0 Å². The number of anilines is 1. The molecule has 0 fully saturated rings. The first kappa shape index (κ1) is 12.6. The molecule has 0 aliphatic heterocycles. The molecular formula is C12H14N4OS. The Kier molecular flexibility index (Phi) is 3.99. The molecule has 0 unspecified atom stereocenters. The number of thioether (sulfide) groups is 1. The number of hydrogen-bond acceptors (Lipinski definition) is 5. The van der Waals surface area contributed by atoms with Crippen LogP contribution in [0.4, 0.5) is 5.69 Å². The van der Waals surface area contributed by atoms with Crippen LogP contribution in [0.15, 0.2) is 40.5 Å². The number of hydrogen-bond donors (Lipinski definition) is 1. The fraction of sp³-hybridized carbons (Fsp3) is 0.250. The third kappa shape index (κ3) is 3.33. The average Bonchev–Trinajstić information content (AvgIpc) is 2.34. The standard InChI is InChI=1S/C12H14N4OS/c1-9-4-5-14-12(15-9)18-7-6-16-8-10(13)2-3-11(16)17/h2-5,8H,6-7,13H2,1H3. The van der Waals surface area contributed by atoms with E-state index in [0.29, 0.717) is 12.2 Å². The summed E-state index contributed by atoms with van der Waals surface area (Å²) in [5.41, 5.74) is 7.12. The average molecular weight is 262 g/mol. The zero-order valence-corrected chi connectivity index (χ0v) is 10.9. The molecule has 2 rings (SSSR count). The van der Waals surface area contributed by atoms with Gasteiger partial charge < -0.3 is 10.3 Å². The van der Waals surface area contributed by atoms with E-state index in [4.69, 9.17) is 5.73 Å². The molecule has 0 aliphatic rings. The van der Waals surface area contributed by atoms with Crippen LogP contribution in [0, 0.1) is 6.92 Å². The third-order valence-corrected chi connectivity index (χ3v) is 3.18. The molecule has 0 saturated heterocycles. The Morgan fingerprint density at radius 1 is 1.39 bits per heavy atom. The summed E-state index contributed by atoms with van der Waals surface area (Å²) < 4.78 is 1.60. The van der Waals surface area contributed by atoms with Gasteiger partial charge in [-0.25, -0.2) is 9.97 Å². The van der Waals surface area contributed by atoms with E-state index in [1.165, 1.54) is 17.8 Å². The molecular weight excluding hydrogens is 248 g/mol. The predicted octanol–water partition coefficient (Wildman–Crippen LogP) is 1.32. The summed E-state index contributed by atoms with van der Waals surface area (Å²) in [6.07, 6.45) is 3.39. The number of nitrogen functional groups attached to an aromatic ring is 1. The third-order valence-electron chi connectivity index (χ3n) is 2.34. The first-order chi connectivity index (χ1) is 8.65. The maximum Gasteiger partial charge on any atom is 0.250 e. The summed E-state index contributed by atoms with van der Waals surface area (Å²) in [7, 11) is 0. The fourth-order valence-corrected chi connectivity index (χ4v) is 2.27. The van der Waals surface area contributed by atoms with Crippen LogP contribution in [0.5, 0.6) is 0 Å². The van der Waals surface area contributed by atoms with E-state index in [2.05, 4.69) is 9.97 Å². The number of pyridine rings is 1. The van der Waals surface area contributed by atoms with Gasteiger partial charge >= 0.3 is 0 Å².